The van der Waals surface area contributed by atoms with Crippen molar-refractivity contribution < 1.29 is 14.3 Å². The van der Waals surface area contributed by atoms with E-state index in [1.807, 2.05) is 0 Å². The van der Waals surface area contributed by atoms with Crippen LogP contribution in [0.4, 0.5) is 14.9 Å². The van der Waals surface area contributed by atoms with Gasteiger partial charge >= 0.3 is 6.03 Å². The van der Waals surface area contributed by atoms with E-state index in [9.17, 15) is 9.18 Å². The van der Waals surface area contributed by atoms with Crippen molar-refractivity contribution in [3.8, 4) is 0 Å². The van der Waals surface area contributed by atoms with E-state index in [2.05, 4.69) is 10.6 Å². The van der Waals surface area contributed by atoms with E-state index in [1.165, 1.54) is 12.1 Å². The predicted molar refractivity (Wildman–Crippen MR) is 69.3 cm³/mol. The maximum absolute atomic E-state index is 13.0. The SMILES string of the molecule is CC(CO)C(C)NC(=O)Nc1cc(F)ccc1Cl. The van der Waals surface area contributed by atoms with Gasteiger partial charge in [0.05, 0.1) is 10.7 Å². The van der Waals surface area contributed by atoms with Gasteiger partial charge in [0, 0.05) is 12.6 Å². The summed E-state index contributed by atoms with van der Waals surface area (Å²) in [5.41, 5.74) is 0.206. The van der Waals surface area contributed by atoms with Gasteiger partial charge in [-0.2, -0.15) is 0 Å². The van der Waals surface area contributed by atoms with Crippen molar-refractivity contribution in [2.24, 2.45) is 5.92 Å². The first-order chi connectivity index (χ1) is 8.43. The smallest absolute Gasteiger partial charge is 0.319 e. The molecule has 2 atom stereocenters. The number of anilines is 1. The molecule has 0 fully saturated rings. The molecular formula is C12H16ClFN2O2. The minimum absolute atomic E-state index is 0.0256. The van der Waals surface area contributed by atoms with Gasteiger partial charge in [-0.25, -0.2) is 9.18 Å². The van der Waals surface area contributed by atoms with Gasteiger partial charge in [-0.3, -0.25) is 0 Å². The van der Waals surface area contributed by atoms with Crippen molar-refractivity contribution in [2.45, 2.75) is 19.9 Å². The van der Waals surface area contributed by atoms with Crippen LogP contribution < -0.4 is 10.6 Å². The van der Waals surface area contributed by atoms with Crippen LogP contribution >= 0.6 is 11.6 Å². The summed E-state index contributed by atoms with van der Waals surface area (Å²) in [4.78, 5) is 11.6. The Morgan fingerprint density at radius 3 is 2.78 bits per heavy atom. The summed E-state index contributed by atoms with van der Waals surface area (Å²) in [6.07, 6.45) is 0. The number of aliphatic hydroxyl groups is 1. The van der Waals surface area contributed by atoms with E-state index >= 15 is 0 Å². The lowest BCUT2D eigenvalue weighted by atomic mass is 10.1. The molecule has 3 N–H and O–H groups in total. The predicted octanol–water partition coefficient (Wildman–Crippen LogP) is 2.62. The van der Waals surface area contributed by atoms with Crippen LogP contribution in [-0.4, -0.2) is 23.8 Å². The van der Waals surface area contributed by atoms with Crippen LogP contribution in [0.3, 0.4) is 0 Å². The average molecular weight is 275 g/mol. The average Bonchev–Trinajstić information content (AvgIpc) is 2.32. The Labute approximate surface area is 110 Å². The van der Waals surface area contributed by atoms with Crippen LogP contribution in [0.5, 0.6) is 0 Å². The summed E-state index contributed by atoms with van der Waals surface area (Å²) in [5.74, 6) is -0.551. The van der Waals surface area contributed by atoms with Gasteiger partial charge in [0.2, 0.25) is 0 Å². The molecule has 0 bridgehead atoms. The standard InChI is InChI=1S/C12H16ClFN2O2/c1-7(6-17)8(2)15-12(18)16-11-5-9(14)3-4-10(11)13/h3-5,7-8,17H,6H2,1-2H3,(H2,15,16,18). The molecule has 0 aliphatic carbocycles. The van der Waals surface area contributed by atoms with Crippen molar-refractivity contribution in [3.63, 3.8) is 0 Å². The number of halogens is 2. The molecule has 0 radical (unpaired) electrons. The molecule has 2 unspecified atom stereocenters. The molecule has 2 amide bonds. The molecule has 0 spiro atoms. The zero-order valence-electron chi connectivity index (χ0n) is 10.2. The molecule has 6 heteroatoms. The Kier molecular flexibility index (Phi) is 5.37. The van der Waals surface area contributed by atoms with Gasteiger partial charge in [-0.1, -0.05) is 18.5 Å². The third kappa shape index (κ3) is 4.16. The summed E-state index contributed by atoms with van der Waals surface area (Å²) in [7, 11) is 0. The highest BCUT2D eigenvalue weighted by Gasteiger charge is 2.14. The molecule has 1 rings (SSSR count). The van der Waals surface area contributed by atoms with Gasteiger partial charge in [0.1, 0.15) is 5.82 Å². The van der Waals surface area contributed by atoms with Crippen molar-refractivity contribution in [2.75, 3.05) is 11.9 Å². The molecule has 0 saturated carbocycles. The fraction of sp³-hybridized carbons (Fsp3) is 0.417. The highest BCUT2D eigenvalue weighted by Crippen LogP contribution is 2.22. The second-order valence-corrected chi connectivity index (χ2v) is 4.58. The van der Waals surface area contributed by atoms with Crippen LogP contribution in [0.2, 0.25) is 5.02 Å². The van der Waals surface area contributed by atoms with Crippen LogP contribution in [0.15, 0.2) is 18.2 Å². The fourth-order valence-electron chi connectivity index (χ4n) is 1.26. The number of hydrogen-bond acceptors (Lipinski definition) is 2. The molecule has 1 aromatic carbocycles. The first-order valence-electron chi connectivity index (χ1n) is 5.57. The van der Waals surface area contributed by atoms with Crippen molar-refractivity contribution in [1.82, 2.24) is 5.32 Å². The summed E-state index contributed by atoms with van der Waals surface area (Å²) in [6, 6.07) is 3.02. The Morgan fingerprint density at radius 2 is 2.17 bits per heavy atom. The lowest BCUT2D eigenvalue weighted by molar-refractivity contribution is 0.204. The largest absolute Gasteiger partial charge is 0.396 e. The molecule has 0 aliphatic heterocycles. The molecule has 1 aromatic rings. The molecule has 0 aliphatic rings. The summed E-state index contributed by atoms with van der Waals surface area (Å²) < 4.78 is 13.0. The van der Waals surface area contributed by atoms with Gasteiger partial charge in [0.15, 0.2) is 0 Å². The number of carbonyl (C=O) groups excluding carboxylic acids is 1. The molecule has 0 saturated heterocycles. The number of urea groups is 1. The Balaban J connectivity index is 2.62. The molecule has 0 heterocycles. The second kappa shape index (κ2) is 6.56. The van der Waals surface area contributed by atoms with Crippen LogP contribution in [0.25, 0.3) is 0 Å². The number of rotatable bonds is 4. The zero-order valence-corrected chi connectivity index (χ0v) is 11.0. The maximum atomic E-state index is 13.0. The molecule has 4 nitrogen and oxygen atoms in total. The highest BCUT2D eigenvalue weighted by atomic mass is 35.5. The van der Waals surface area contributed by atoms with E-state index < -0.39 is 11.8 Å². The first kappa shape index (κ1) is 14.7. The number of hydrogen-bond donors (Lipinski definition) is 3. The third-order valence-electron chi connectivity index (χ3n) is 2.68. The zero-order chi connectivity index (χ0) is 13.7. The Morgan fingerprint density at radius 1 is 1.50 bits per heavy atom. The molecular weight excluding hydrogens is 259 g/mol. The fourth-order valence-corrected chi connectivity index (χ4v) is 1.42. The van der Waals surface area contributed by atoms with Crippen molar-refractivity contribution >= 4 is 23.3 Å². The monoisotopic (exact) mass is 274 g/mol. The van der Waals surface area contributed by atoms with Gasteiger partial charge in [-0.05, 0) is 31.0 Å². The van der Waals surface area contributed by atoms with Crippen molar-refractivity contribution in [3.05, 3.63) is 29.0 Å². The number of carbonyl (C=O) groups is 1. The van der Waals surface area contributed by atoms with E-state index in [1.54, 1.807) is 13.8 Å². The minimum atomic E-state index is -0.490. The molecule has 100 valence electrons. The Hall–Kier alpha value is -1.33. The Bertz CT molecular complexity index is 429. The molecule has 18 heavy (non-hydrogen) atoms. The topological polar surface area (TPSA) is 61.4 Å². The van der Waals surface area contributed by atoms with Crippen molar-refractivity contribution in [1.29, 1.82) is 0 Å². The number of amides is 2. The minimum Gasteiger partial charge on any atom is -0.396 e. The number of nitrogens with one attached hydrogen (secondary N) is 2. The lowest BCUT2D eigenvalue weighted by Gasteiger charge is -2.19. The quantitative estimate of drug-likeness (QED) is 0.790. The van der Waals surface area contributed by atoms with E-state index in [0.717, 1.165) is 6.07 Å². The highest BCUT2D eigenvalue weighted by molar-refractivity contribution is 6.33. The first-order valence-corrected chi connectivity index (χ1v) is 5.95. The van der Waals surface area contributed by atoms with E-state index in [-0.39, 0.29) is 29.3 Å². The summed E-state index contributed by atoms with van der Waals surface area (Å²) in [6.45, 7) is 3.55. The second-order valence-electron chi connectivity index (χ2n) is 4.17. The summed E-state index contributed by atoms with van der Waals surface area (Å²) in [5, 5.41) is 14.3. The van der Waals surface area contributed by atoms with E-state index in [0.29, 0.717) is 0 Å². The summed E-state index contributed by atoms with van der Waals surface area (Å²) >= 11 is 5.82. The van der Waals surface area contributed by atoms with Gasteiger partial charge in [0.25, 0.3) is 0 Å². The van der Waals surface area contributed by atoms with Gasteiger partial charge in [-0.15, -0.1) is 0 Å². The van der Waals surface area contributed by atoms with Crippen LogP contribution in [0, 0.1) is 11.7 Å². The number of aliphatic hydroxyl groups excluding tert-OH is 1. The maximum Gasteiger partial charge on any atom is 0.319 e. The number of benzene rings is 1. The molecule has 0 aromatic heterocycles. The van der Waals surface area contributed by atoms with Gasteiger partial charge < -0.3 is 15.7 Å². The third-order valence-corrected chi connectivity index (χ3v) is 3.01. The van der Waals surface area contributed by atoms with E-state index in [4.69, 9.17) is 16.7 Å². The van der Waals surface area contributed by atoms with Crippen LogP contribution in [0.1, 0.15) is 13.8 Å². The normalized spacial score (nSPS) is 13.8. The lowest BCUT2D eigenvalue weighted by Crippen LogP contribution is -2.40. The van der Waals surface area contributed by atoms with Crippen LogP contribution in [-0.2, 0) is 0 Å².